The second-order valence-corrected chi connectivity index (χ2v) is 4.24. The maximum Gasteiger partial charge on any atom is 0.419 e. The van der Waals surface area contributed by atoms with Gasteiger partial charge in [0.1, 0.15) is 0 Å². The van der Waals surface area contributed by atoms with E-state index in [2.05, 4.69) is 15.4 Å². The Kier molecular flexibility index (Phi) is 3.77. The number of aromatic nitrogens is 3. The van der Waals surface area contributed by atoms with Crippen molar-refractivity contribution in [3.05, 3.63) is 40.8 Å². The molecule has 0 spiro atoms. The van der Waals surface area contributed by atoms with Gasteiger partial charge in [0.25, 0.3) is 0 Å². The van der Waals surface area contributed by atoms with Crippen molar-refractivity contribution in [1.29, 1.82) is 0 Å². The molecule has 2 heterocycles. The standard InChI is InChI=1S/C11H10ClF3N4/c1-16-3-7-2-10(17-5-9(7)12)19-6-8(4-18-19)11(13,14)15/h2,4-6,16H,3H2,1H3. The van der Waals surface area contributed by atoms with Crippen LogP contribution in [0.25, 0.3) is 5.82 Å². The topological polar surface area (TPSA) is 42.7 Å². The monoisotopic (exact) mass is 290 g/mol. The first-order chi connectivity index (χ1) is 8.91. The second-order valence-electron chi connectivity index (χ2n) is 3.84. The molecule has 0 saturated carbocycles. The molecule has 2 rings (SSSR count). The summed E-state index contributed by atoms with van der Waals surface area (Å²) < 4.78 is 38.5. The third kappa shape index (κ3) is 3.05. The Hall–Kier alpha value is -1.60. The third-order valence-corrected chi connectivity index (χ3v) is 2.77. The number of nitrogens with zero attached hydrogens (tertiary/aromatic N) is 3. The van der Waals surface area contributed by atoms with E-state index in [-0.39, 0.29) is 5.82 Å². The molecule has 102 valence electrons. The van der Waals surface area contributed by atoms with E-state index in [1.807, 2.05) is 0 Å². The van der Waals surface area contributed by atoms with Gasteiger partial charge in [-0.05, 0) is 18.7 Å². The van der Waals surface area contributed by atoms with Crippen molar-refractivity contribution >= 4 is 11.6 Å². The molecule has 0 radical (unpaired) electrons. The number of nitrogens with one attached hydrogen (secondary N) is 1. The maximum atomic E-state index is 12.5. The fraction of sp³-hybridized carbons (Fsp3) is 0.273. The predicted molar refractivity (Wildman–Crippen MR) is 64.1 cm³/mol. The van der Waals surface area contributed by atoms with Gasteiger partial charge in [0.05, 0.1) is 16.8 Å². The Morgan fingerprint density at radius 1 is 1.37 bits per heavy atom. The molecule has 0 aliphatic heterocycles. The molecule has 0 aromatic carbocycles. The van der Waals surface area contributed by atoms with Crippen LogP contribution in [0.3, 0.4) is 0 Å². The molecule has 0 atom stereocenters. The van der Waals surface area contributed by atoms with Gasteiger partial charge in [-0.25, -0.2) is 9.67 Å². The summed E-state index contributed by atoms with van der Waals surface area (Å²) in [6, 6.07) is 1.59. The average molecular weight is 291 g/mol. The summed E-state index contributed by atoms with van der Waals surface area (Å²) in [5.41, 5.74) is -0.0855. The van der Waals surface area contributed by atoms with Crippen molar-refractivity contribution in [2.75, 3.05) is 7.05 Å². The van der Waals surface area contributed by atoms with E-state index < -0.39 is 11.7 Å². The highest BCUT2D eigenvalue weighted by atomic mass is 35.5. The van der Waals surface area contributed by atoms with E-state index in [1.54, 1.807) is 13.1 Å². The fourth-order valence-electron chi connectivity index (χ4n) is 1.51. The molecule has 8 heteroatoms. The minimum atomic E-state index is -4.42. The van der Waals surface area contributed by atoms with Gasteiger partial charge < -0.3 is 5.32 Å². The van der Waals surface area contributed by atoms with E-state index in [9.17, 15) is 13.2 Å². The van der Waals surface area contributed by atoms with E-state index >= 15 is 0 Å². The van der Waals surface area contributed by atoms with Crippen LogP contribution in [0.15, 0.2) is 24.7 Å². The molecule has 19 heavy (non-hydrogen) atoms. The van der Waals surface area contributed by atoms with Gasteiger partial charge in [-0.15, -0.1) is 0 Å². The zero-order valence-corrected chi connectivity index (χ0v) is 10.6. The van der Waals surface area contributed by atoms with E-state index in [1.165, 1.54) is 6.20 Å². The molecule has 0 aliphatic carbocycles. The minimum Gasteiger partial charge on any atom is -0.316 e. The zero-order valence-electron chi connectivity index (χ0n) is 9.87. The molecule has 0 bridgehead atoms. The molecule has 0 fully saturated rings. The fourth-order valence-corrected chi connectivity index (χ4v) is 1.68. The van der Waals surface area contributed by atoms with Crippen LogP contribution in [-0.4, -0.2) is 21.8 Å². The normalized spacial score (nSPS) is 11.8. The molecule has 0 amide bonds. The minimum absolute atomic E-state index is 0.283. The van der Waals surface area contributed by atoms with Gasteiger partial charge in [-0.2, -0.15) is 18.3 Å². The molecule has 2 aromatic heterocycles. The van der Waals surface area contributed by atoms with Gasteiger partial charge >= 0.3 is 6.18 Å². The van der Waals surface area contributed by atoms with Crippen LogP contribution in [0.4, 0.5) is 13.2 Å². The summed E-state index contributed by atoms with van der Waals surface area (Å²) in [4.78, 5) is 3.96. The Morgan fingerprint density at radius 3 is 2.68 bits per heavy atom. The van der Waals surface area contributed by atoms with Crippen molar-refractivity contribution in [2.24, 2.45) is 0 Å². The van der Waals surface area contributed by atoms with Crippen molar-refractivity contribution in [2.45, 2.75) is 12.7 Å². The van der Waals surface area contributed by atoms with E-state index in [4.69, 9.17) is 11.6 Å². The molecule has 4 nitrogen and oxygen atoms in total. The van der Waals surface area contributed by atoms with Gasteiger partial charge in [-0.3, -0.25) is 0 Å². The molecule has 0 unspecified atom stereocenters. The first kappa shape index (κ1) is 13.8. The highest BCUT2D eigenvalue weighted by Gasteiger charge is 2.32. The Balaban J connectivity index is 2.36. The Labute approximate surface area is 112 Å². The Bertz CT molecular complexity index is 580. The number of rotatable bonds is 3. The van der Waals surface area contributed by atoms with Gasteiger partial charge in [0.15, 0.2) is 5.82 Å². The van der Waals surface area contributed by atoms with Crippen molar-refractivity contribution < 1.29 is 13.2 Å². The predicted octanol–water partition coefficient (Wildman–Crippen LogP) is 2.66. The first-order valence-electron chi connectivity index (χ1n) is 5.33. The van der Waals surface area contributed by atoms with E-state index in [0.717, 1.165) is 22.6 Å². The Morgan fingerprint density at radius 2 is 2.11 bits per heavy atom. The highest BCUT2D eigenvalue weighted by molar-refractivity contribution is 6.31. The SMILES string of the molecule is CNCc1cc(-n2cc(C(F)(F)F)cn2)ncc1Cl. The first-order valence-corrected chi connectivity index (χ1v) is 5.71. The number of hydrogen-bond acceptors (Lipinski definition) is 3. The van der Waals surface area contributed by atoms with Crippen molar-refractivity contribution in [3.63, 3.8) is 0 Å². The molecule has 0 saturated heterocycles. The molecular formula is C11H10ClF3N4. The lowest BCUT2D eigenvalue weighted by Crippen LogP contribution is -2.08. The summed E-state index contributed by atoms with van der Waals surface area (Å²) in [6.45, 7) is 0.488. The van der Waals surface area contributed by atoms with Crippen LogP contribution in [-0.2, 0) is 12.7 Å². The van der Waals surface area contributed by atoms with Crippen LogP contribution in [0.2, 0.25) is 5.02 Å². The summed E-state index contributed by atoms with van der Waals surface area (Å²) in [7, 11) is 1.74. The van der Waals surface area contributed by atoms with Gasteiger partial charge in [0, 0.05) is 18.9 Å². The van der Waals surface area contributed by atoms with Crippen LogP contribution < -0.4 is 5.32 Å². The van der Waals surface area contributed by atoms with Gasteiger partial charge in [-0.1, -0.05) is 11.6 Å². The van der Waals surface area contributed by atoms with Gasteiger partial charge in [0.2, 0.25) is 0 Å². The number of halogens is 4. The molecule has 2 aromatic rings. The maximum absolute atomic E-state index is 12.5. The zero-order chi connectivity index (χ0) is 14.0. The summed E-state index contributed by atoms with van der Waals surface area (Å²) in [5, 5.41) is 7.01. The lowest BCUT2D eigenvalue weighted by molar-refractivity contribution is -0.137. The number of hydrogen-bond donors (Lipinski definition) is 1. The smallest absolute Gasteiger partial charge is 0.316 e. The molecule has 0 aliphatic rings. The largest absolute Gasteiger partial charge is 0.419 e. The summed E-state index contributed by atoms with van der Waals surface area (Å²) in [5.74, 6) is 0.283. The van der Waals surface area contributed by atoms with Crippen LogP contribution in [0.1, 0.15) is 11.1 Å². The lowest BCUT2D eigenvalue weighted by Gasteiger charge is -2.06. The summed E-state index contributed by atoms with van der Waals surface area (Å²) in [6.07, 6.45) is -1.38. The van der Waals surface area contributed by atoms with Crippen molar-refractivity contribution in [1.82, 2.24) is 20.1 Å². The lowest BCUT2D eigenvalue weighted by atomic mass is 10.2. The molecule has 1 N–H and O–H groups in total. The molecular weight excluding hydrogens is 281 g/mol. The quantitative estimate of drug-likeness (QED) is 0.945. The van der Waals surface area contributed by atoms with Crippen LogP contribution >= 0.6 is 11.6 Å². The highest BCUT2D eigenvalue weighted by Crippen LogP contribution is 2.29. The van der Waals surface area contributed by atoms with E-state index in [0.29, 0.717) is 11.6 Å². The van der Waals surface area contributed by atoms with Crippen LogP contribution in [0, 0.1) is 0 Å². The number of pyridine rings is 1. The second kappa shape index (κ2) is 5.18. The van der Waals surface area contributed by atoms with Crippen molar-refractivity contribution in [3.8, 4) is 5.82 Å². The number of alkyl halides is 3. The third-order valence-electron chi connectivity index (χ3n) is 2.43. The average Bonchev–Trinajstić information content (AvgIpc) is 2.81. The van der Waals surface area contributed by atoms with Crippen LogP contribution in [0.5, 0.6) is 0 Å². The summed E-state index contributed by atoms with van der Waals surface area (Å²) >= 11 is 5.93.